The largest absolute Gasteiger partial charge is 0.310 e. The number of halogens is 2. The third-order valence-corrected chi connectivity index (χ3v) is 4.15. The van der Waals surface area contributed by atoms with Crippen molar-refractivity contribution in [2.45, 2.75) is 19.3 Å². The number of nitrogens with zero attached hydrogens (tertiary/aromatic N) is 1. The van der Waals surface area contributed by atoms with Gasteiger partial charge < -0.3 is 10.3 Å². The van der Waals surface area contributed by atoms with E-state index in [1.54, 1.807) is 25.1 Å². The number of amides is 1. The van der Waals surface area contributed by atoms with Crippen LogP contribution < -0.4 is 10.9 Å². The Hall–Kier alpha value is -1.85. The molecule has 0 spiro atoms. The van der Waals surface area contributed by atoms with E-state index in [4.69, 9.17) is 23.2 Å². The van der Waals surface area contributed by atoms with Gasteiger partial charge in [0.15, 0.2) is 0 Å². The molecule has 1 amide bonds. The Morgan fingerprint density at radius 1 is 1.24 bits per heavy atom. The molecule has 108 valence electrons. The van der Waals surface area contributed by atoms with Gasteiger partial charge in [-0.2, -0.15) is 0 Å². The van der Waals surface area contributed by atoms with Gasteiger partial charge in [-0.25, -0.2) is 4.98 Å². The van der Waals surface area contributed by atoms with Crippen LogP contribution in [0, 0.1) is 6.92 Å². The molecule has 2 N–H and O–H groups in total. The zero-order chi connectivity index (χ0) is 15.1. The smallest absolute Gasteiger partial charge is 0.256 e. The summed E-state index contributed by atoms with van der Waals surface area (Å²) in [5, 5.41) is 3.45. The number of hydrogen-bond acceptors (Lipinski definition) is 3. The number of H-pyrrole nitrogens is 1. The molecule has 1 aliphatic rings. The predicted octanol–water partition coefficient (Wildman–Crippen LogP) is 2.86. The number of hydrogen-bond donors (Lipinski definition) is 2. The fourth-order valence-corrected chi connectivity index (χ4v) is 2.80. The van der Waals surface area contributed by atoms with Crippen molar-refractivity contribution < 1.29 is 4.79 Å². The van der Waals surface area contributed by atoms with E-state index in [9.17, 15) is 9.59 Å². The van der Waals surface area contributed by atoms with E-state index < -0.39 is 0 Å². The number of nitrogens with one attached hydrogen (secondary N) is 2. The van der Waals surface area contributed by atoms with Crippen molar-refractivity contribution >= 4 is 34.9 Å². The second kappa shape index (κ2) is 5.16. The molecule has 0 bridgehead atoms. The first-order valence-electron chi connectivity index (χ1n) is 6.31. The molecule has 2 heterocycles. The SMILES string of the molecule is Cc1nc2c(c(=O)[nH]1)[C@H](c1ccc(Cl)c(Cl)c1)CC(=O)N2. The molecule has 1 aromatic carbocycles. The van der Waals surface area contributed by atoms with Crippen molar-refractivity contribution in [2.75, 3.05) is 5.32 Å². The first-order chi connectivity index (χ1) is 9.95. The lowest BCUT2D eigenvalue weighted by Gasteiger charge is -2.24. The van der Waals surface area contributed by atoms with Gasteiger partial charge in [0.25, 0.3) is 5.56 Å². The summed E-state index contributed by atoms with van der Waals surface area (Å²) in [7, 11) is 0. The molecule has 1 aliphatic heterocycles. The number of fused-ring (bicyclic) bond motifs is 1. The summed E-state index contributed by atoms with van der Waals surface area (Å²) in [6.07, 6.45) is 0.165. The van der Waals surface area contributed by atoms with Crippen molar-refractivity contribution in [1.82, 2.24) is 9.97 Å². The van der Waals surface area contributed by atoms with Gasteiger partial charge in [0.2, 0.25) is 5.91 Å². The Kier molecular flexibility index (Phi) is 3.47. The fourth-order valence-electron chi connectivity index (χ4n) is 2.50. The lowest BCUT2D eigenvalue weighted by atomic mass is 9.87. The van der Waals surface area contributed by atoms with Gasteiger partial charge in [0.05, 0.1) is 15.6 Å². The lowest BCUT2D eigenvalue weighted by Crippen LogP contribution is -2.31. The standard InChI is InChI=1S/C14H11Cl2N3O2/c1-6-17-13-12(14(21)18-6)8(5-11(20)19-13)7-2-3-9(15)10(16)4-7/h2-4,8H,5H2,1H3,(H2,17,18,19,20,21)/t8-/m0/s1. The Labute approximate surface area is 130 Å². The van der Waals surface area contributed by atoms with Gasteiger partial charge in [0.1, 0.15) is 11.6 Å². The molecule has 7 heteroatoms. The highest BCUT2D eigenvalue weighted by Crippen LogP contribution is 2.36. The van der Waals surface area contributed by atoms with Crippen molar-refractivity contribution in [3.8, 4) is 0 Å². The Balaban J connectivity index is 2.19. The van der Waals surface area contributed by atoms with E-state index >= 15 is 0 Å². The van der Waals surface area contributed by atoms with Gasteiger partial charge in [-0.3, -0.25) is 9.59 Å². The summed E-state index contributed by atoms with van der Waals surface area (Å²) in [5.41, 5.74) is 0.948. The molecule has 0 aliphatic carbocycles. The minimum atomic E-state index is -0.389. The van der Waals surface area contributed by atoms with Crippen LogP contribution in [-0.2, 0) is 4.79 Å². The van der Waals surface area contributed by atoms with E-state index in [1.807, 2.05) is 0 Å². The van der Waals surface area contributed by atoms with Gasteiger partial charge in [0, 0.05) is 12.3 Å². The molecule has 3 rings (SSSR count). The normalized spacial score (nSPS) is 17.3. The zero-order valence-electron chi connectivity index (χ0n) is 11.0. The second-order valence-corrected chi connectivity index (χ2v) is 5.71. The number of carbonyl (C=O) groups is 1. The van der Waals surface area contributed by atoms with Crippen LogP contribution in [0.5, 0.6) is 0 Å². The van der Waals surface area contributed by atoms with E-state index in [0.717, 1.165) is 5.56 Å². The summed E-state index contributed by atoms with van der Waals surface area (Å²) in [5.74, 6) is 0.189. The van der Waals surface area contributed by atoms with Crippen molar-refractivity contribution in [2.24, 2.45) is 0 Å². The maximum absolute atomic E-state index is 12.2. The zero-order valence-corrected chi connectivity index (χ0v) is 12.5. The van der Waals surface area contributed by atoms with Crippen LogP contribution in [0.4, 0.5) is 5.82 Å². The highest BCUT2D eigenvalue weighted by Gasteiger charge is 2.30. The highest BCUT2D eigenvalue weighted by molar-refractivity contribution is 6.42. The molecule has 0 saturated carbocycles. The first-order valence-corrected chi connectivity index (χ1v) is 7.07. The lowest BCUT2D eigenvalue weighted by molar-refractivity contribution is -0.116. The van der Waals surface area contributed by atoms with Crippen LogP contribution in [0.1, 0.15) is 29.3 Å². The highest BCUT2D eigenvalue weighted by atomic mass is 35.5. The minimum absolute atomic E-state index is 0.165. The van der Waals surface area contributed by atoms with Crippen LogP contribution >= 0.6 is 23.2 Å². The Bertz CT molecular complexity index is 801. The number of rotatable bonds is 1. The molecule has 0 radical (unpaired) electrons. The average Bonchev–Trinajstić information content (AvgIpc) is 2.40. The Morgan fingerprint density at radius 3 is 2.71 bits per heavy atom. The maximum atomic E-state index is 12.2. The molecular weight excluding hydrogens is 313 g/mol. The molecule has 0 fully saturated rings. The molecule has 1 aromatic heterocycles. The number of benzene rings is 1. The number of carbonyl (C=O) groups excluding carboxylic acids is 1. The quantitative estimate of drug-likeness (QED) is 0.847. The van der Waals surface area contributed by atoms with Crippen molar-refractivity contribution in [3.05, 3.63) is 55.5 Å². The summed E-state index contributed by atoms with van der Waals surface area (Å²) >= 11 is 11.9. The number of aryl methyl sites for hydroxylation is 1. The third kappa shape index (κ3) is 2.54. The van der Waals surface area contributed by atoms with Crippen LogP contribution in [0.15, 0.2) is 23.0 Å². The predicted molar refractivity (Wildman–Crippen MR) is 81.1 cm³/mol. The Morgan fingerprint density at radius 2 is 2.00 bits per heavy atom. The summed E-state index contributed by atoms with van der Waals surface area (Å²) in [6, 6.07) is 5.10. The topological polar surface area (TPSA) is 74.8 Å². The molecule has 21 heavy (non-hydrogen) atoms. The van der Waals surface area contributed by atoms with Gasteiger partial charge >= 0.3 is 0 Å². The molecule has 2 aromatic rings. The summed E-state index contributed by atoms with van der Waals surface area (Å²) in [4.78, 5) is 30.9. The average molecular weight is 324 g/mol. The van der Waals surface area contributed by atoms with E-state index in [0.29, 0.717) is 27.3 Å². The second-order valence-electron chi connectivity index (χ2n) is 4.89. The molecular formula is C14H11Cl2N3O2. The maximum Gasteiger partial charge on any atom is 0.256 e. The minimum Gasteiger partial charge on any atom is -0.310 e. The van der Waals surface area contributed by atoms with Crippen LogP contribution in [-0.4, -0.2) is 15.9 Å². The van der Waals surface area contributed by atoms with Crippen LogP contribution in [0.2, 0.25) is 10.0 Å². The van der Waals surface area contributed by atoms with Crippen LogP contribution in [0.3, 0.4) is 0 Å². The third-order valence-electron chi connectivity index (χ3n) is 3.42. The van der Waals surface area contributed by atoms with E-state index in [2.05, 4.69) is 15.3 Å². The molecule has 5 nitrogen and oxygen atoms in total. The monoisotopic (exact) mass is 323 g/mol. The molecule has 0 saturated heterocycles. The van der Waals surface area contributed by atoms with E-state index in [-0.39, 0.29) is 23.8 Å². The van der Waals surface area contributed by atoms with Gasteiger partial charge in [-0.05, 0) is 24.6 Å². The number of aromatic nitrogens is 2. The van der Waals surface area contributed by atoms with Gasteiger partial charge in [-0.1, -0.05) is 29.3 Å². The van der Waals surface area contributed by atoms with Gasteiger partial charge in [-0.15, -0.1) is 0 Å². The first kappa shape index (κ1) is 14.1. The molecule has 0 unspecified atom stereocenters. The number of anilines is 1. The van der Waals surface area contributed by atoms with Crippen molar-refractivity contribution in [1.29, 1.82) is 0 Å². The van der Waals surface area contributed by atoms with Crippen molar-refractivity contribution in [3.63, 3.8) is 0 Å². The van der Waals surface area contributed by atoms with Crippen LogP contribution in [0.25, 0.3) is 0 Å². The fraction of sp³-hybridized carbons (Fsp3) is 0.214. The summed E-state index contributed by atoms with van der Waals surface area (Å²) < 4.78 is 0. The number of aromatic amines is 1. The molecule has 1 atom stereocenters. The van der Waals surface area contributed by atoms with E-state index in [1.165, 1.54) is 0 Å². The summed E-state index contributed by atoms with van der Waals surface area (Å²) in [6.45, 7) is 1.66.